The fraction of sp³-hybridized carbons (Fsp3) is 0.429. The molecule has 0 amide bonds. The highest BCUT2D eigenvalue weighted by molar-refractivity contribution is 7.88. The predicted molar refractivity (Wildman–Crippen MR) is 77.8 cm³/mol. The number of carbonyl (C=O) groups excluding carboxylic acids is 1. The van der Waals surface area contributed by atoms with Gasteiger partial charge < -0.3 is 9.84 Å². The molecule has 1 unspecified atom stereocenters. The number of sulfonamides is 1. The van der Waals surface area contributed by atoms with Gasteiger partial charge in [0.25, 0.3) is 0 Å². The van der Waals surface area contributed by atoms with Gasteiger partial charge in [-0.05, 0) is 30.5 Å². The molecule has 0 aliphatic carbocycles. The summed E-state index contributed by atoms with van der Waals surface area (Å²) in [7, 11) is -2.51. The molecule has 0 bridgehead atoms. The SMILES string of the molecule is COC(=O)c1cccc(CS(=O)(=O)N2CCCC2C(=O)O)c1. The van der Waals surface area contributed by atoms with Crippen molar-refractivity contribution in [2.75, 3.05) is 13.7 Å². The summed E-state index contributed by atoms with van der Waals surface area (Å²) < 4.78 is 30.4. The number of benzene rings is 1. The third kappa shape index (κ3) is 3.45. The van der Waals surface area contributed by atoms with Crippen LogP contribution in [0, 0.1) is 0 Å². The summed E-state index contributed by atoms with van der Waals surface area (Å²) in [4.78, 5) is 22.6. The van der Waals surface area contributed by atoms with Crippen LogP contribution >= 0.6 is 0 Å². The van der Waals surface area contributed by atoms with Crippen LogP contribution in [0.5, 0.6) is 0 Å². The fourth-order valence-corrected chi connectivity index (χ4v) is 4.28. The molecule has 8 heteroatoms. The Labute approximate surface area is 128 Å². The third-order valence-electron chi connectivity index (χ3n) is 3.54. The highest BCUT2D eigenvalue weighted by Gasteiger charge is 2.38. The van der Waals surface area contributed by atoms with E-state index in [-0.39, 0.29) is 17.9 Å². The molecule has 1 heterocycles. The largest absolute Gasteiger partial charge is 0.480 e. The second-order valence-corrected chi connectivity index (χ2v) is 6.98. The first-order chi connectivity index (χ1) is 10.3. The van der Waals surface area contributed by atoms with Crippen molar-refractivity contribution in [3.8, 4) is 0 Å². The zero-order valence-corrected chi connectivity index (χ0v) is 12.9. The van der Waals surface area contributed by atoms with Gasteiger partial charge in [-0.3, -0.25) is 4.79 Å². The summed E-state index contributed by atoms with van der Waals surface area (Å²) in [5.41, 5.74) is 0.672. The lowest BCUT2D eigenvalue weighted by molar-refractivity contribution is -0.140. The highest BCUT2D eigenvalue weighted by atomic mass is 32.2. The lowest BCUT2D eigenvalue weighted by Gasteiger charge is -2.21. The second-order valence-electron chi connectivity index (χ2n) is 5.06. The van der Waals surface area contributed by atoms with Gasteiger partial charge in [0, 0.05) is 6.54 Å². The van der Waals surface area contributed by atoms with E-state index in [0.717, 1.165) is 4.31 Å². The van der Waals surface area contributed by atoms with Gasteiger partial charge in [0.15, 0.2) is 0 Å². The first-order valence-electron chi connectivity index (χ1n) is 6.75. The average Bonchev–Trinajstić information content (AvgIpc) is 2.97. The van der Waals surface area contributed by atoms with Gasteiger partial charge in [-0.1, -0.05) is 12.1 Å². The number of hydrogen-bond donors (Lipinski definition) is 1. The van der Waals surface area contributed by atoms with Crippen LogP contribution in [0.2, 0.25) is 0 Å². The molecule has 1 atom stereocenters. The van der Waals surface area contributed by atoms with E-state index in [9.17, 15) is 18.0 Å². The maximum absolute atomic E-state index is 12.4. The molecule has 120 valence electrons. The quantitative estimate of drug-likeness (QED) is 0.805. The minimum absolute atomic E-state index is 0.204. The van der Waals surface area contributed by atoms with E-state index in [1.165, 1.54) is 19.2 Å². The fourth-order valence-electron chi connectivity index (χ4n) is 2.52. The van der Waals surface area contributed by atoms with Crippen LogP contribution in [0.25, 0.3) is 0 Å². The molecule has 2 rings (SSSR count). The number of ether oxygens (including phenoxy) is 1. The van der Waals surface area contributed by atoms with Crippen molar-refractivity contribution in [1.29, 1.82) is 0 Å². The number of methoxy groups -OCH3 is 1. The Morgan fingerprint density at radius 1 is 1.41 bits per heavy atom. The molecule has 1 aromatic carbocycles. The molecule has 1 N–H and O–H groups in total. The van der Waals surface area contributed by atoms with E-state index in [2.05, 4.69) is 4.74 Å². The molecule has 1 fully saturated rings. The van der Waals surface area contributed by atoms with E-state index >= 15 is 0 Å². The van der Waals surface area contributed by atoms with Crippen molar-refractivity contribution in [3.05, 3.63) is 35.4 Å². The molecule has 0 aromatic heterocycles. The number of carboxylic acid groups (broad SMARTS) is 1. The van der Waals surface area contributed by atoms with Gasteiger partial charge in [-0.15, -0.1) is 0 Å². The zero-order valence-electron chi connectivity index (χ0n) is 12.1. The Morgan fingerprint density at radius 3 is 2.77 bits per heavy atom. The summed E-state index contributed by atoms with van der Waals surface area (Å²) in [6, 6.07) is 5.10. The molecule has 1 aliphatic heterocycles. The van der Waals surface area contributed by atoms with Gasteiger partial charge in [-0.25, -0.2) is 13.2 Å². The summed E-state index contributed by atoms with van der Waals surface area (Å²) in [6.07, 6.45) is 0.842. The lowest BCUT2D eigenvalue weighted by atomic mass is 10.1. The van der Waals surface area contributed by atoms with Crippen molar-refractivity contribution in [1.82, 2.24) is 4.31 Å². The number of carbonyl (C=O) groups is 2. The van der Waals surface area contributed by atoms with Gasteiger partial charge in [-0.2, -0.15) is 4.31 Å². The lowest BCUT2D eigenvalue weighted by Crippen LogP contribution is -2.40. The van der Waals surface area contributed by atoms with Gasteiger partial charge in [0.05, 0.1) is 18.4 Å². The summed E-state index contributed by atoms with van der Waals surface area (Å²) in [6.45, 7) is 0.204. The van der Waals surface area contributed by atoms with Crippen molar-refractivity contribution >= 4 is 22.0 Å². The molecule has 22 heavy (non-hydrogen) atoms. The van der Waals surface area contributed by atoms with Gasteiger partial charge in [0.2, 0.25) is 10.0 Å². The number of aliphatic carboxylic acids is 1. The molecule has 0 saturated carbocycles. The summed E-state index contributed by atoms with van der Waals surface area (Å²) in [5, 5.41) is 9.09. The first-order valence-corrected chi connectivity index (χ1v) is 8.35. The van der Waals surface area contributed by atoms with Crippen molar-refractivity contribution in [3.63, 3.8) is 0 Å². The predicted octanol–water partition coefficient (Wildman–Crippen LogP) is 0.852. The standard InChI is InChI=1S/C14H17NO6S/c1-21-14(18)11-5-2-4-10(8-11)9-22(19,20)15-7-3-6-12(15)13(16)17/h2,4-5,8,12H,3,6-7,9H2,1H3,(H,16,17). The Hall–Kier alpha value is -1.93. The first kappa shape index (κ1) is 16.4. The summed E-state index contributed by atoms with van der Waals surface area (Å²) >= 11 is 0. The molecule has 1 saturated heterocycles. The van der Waals surface area contributed by atoms with Crippen LogP contribution < -0.4 is 0 Å². The van der Waals surface area contributed by atoms with Gasteiger partial charge >= 0.3 is 11.9 Å². The van der Waals surface area contributed by atoms with Crippen LogP contribution in [-0.2, 0) is 25.3 Å². The van der Waals surface area contributed by atoms with E-state index in [4.69, 9.17) is 5.11 Å². The van der Waals surface area contributed by atoms with Crippen LogP contribution in [-0.4, -0.2) is 49.5 Å². The third-order valence-corrected chi connectivity index (χ3v) is 5.39. The van der Waals surface area contributed by atoms with Crippen LogP contribution in [0.1, 0.15) is 28.8 Å². The molecule has 0 spiro atoms. The highest BCUT2D eigenvalue weighted by Crippen LogP contribution is 2.24. The molecule has 7 nitrogen and oxygen atoms in total. The molecule has 1 aliphatic rings. The van der Waals surface area contributed by atoms with Crippen molar-refractivity contribution < 1.29 is 27.9 Å². The van der Waals surface area contributed by atoms with Gasteiger partial charge in [0.1, 0.15) is 6.04 Å². The topological polar surface area (TPSA) is 101 Å². The molecule has 1 aromatic rings. The van der Waals surface area contributed by atoms with Crippen LogP contribution in [0.3, 0.4) is 0 Å². The van der Waals surface area contributed by atoms with Crippen molar-refractivity contribution in [2.24, 2.45) is 0 Å². The van der Waals surface area contributed by atoms with E-state index in [0.29, 0.717) is 18.4 Å². The Bertz CT molecular complexity index is 684. The van der Waals surface area contributed by atoms with E-state index in [1.54, 1.807) is 12.1 Å². The smallest absolute Gasteiger partial charge is 0.337 e. The van der Waals surface area contributed by atoms with Crippen LogP contribution in [0.15, 0.2) is 24.3 Å². The number of carboxylic acids is 1. The minimum Gasteiger partial charge on any atom is -0.480 e. The number of esters is 1. The van der Waals surface area contributed by atoms with E-state index < -0.39 is 28.0 Å². The monoisotopic (exact) mass is 327 g/mol. The Kier molecular flexibility index (Phi) is 4.82. The number of hydrogen-bond acceptors (Lipinski definition) is 5. The molecular weight excluding hydrogens is 310 g/mol. The average molecular weight is 327 g/mol. The maximum Gasteiger partial charge on any atom is 0.337 e. The number of nitrogens with zero attached hydrogens (tertiary/aromatic N) is 1. The van der Waals surface area contributed by atoms with Crippen molar-refractivity contribution in [2.45, 2.75) is 24.6 Å². The minimum atomic E-state index is -3.76. The zero-order chi connectivity index (χ0) is 16.3. The second kappa shape index (κ2) is 6.45. The normalized spacial score (nSPS) is 19.0. The number of rotatable bonds is 5. The summed E-state index contributed by atoms with van der Waals surface area (Å²) in [5.74, 6) is -2.03. The molecular formula is C14H17NO6S. The molecule has 0 radical (unpaired) electrons. The van der Waals surface area contributed by atoms with Crippen LogP contribution in [0.4, 0.5) is 0 Å². The van der Waals surface area contributed by atoms with E-state index in [1.807, 2.05) is 0 Å². The maximum atomic E-state index is 12.4. The Balaban J connectivity index is 2.22. The Morgan fingerprint density at radius 2 is 2.14 bits per heavy atom.